The van der Waals surface area contributed by atoms with Crippen LogP contribution >= 0.6 is 0 Å². The van der Waals surface area contributed by atoms with Crippen molar-refractivity contribution in [2.24, 2.45) is 5.92 Å². The van der Waals surface area contributed by atoms with Crippen LogP contribution in [-0.4, -0.2) is 6.04 Å². The van der Waals surface area contributed by atoms with Crippen molar-refractivity contribution in [2.75, 3.05) is 5.32 Å². The maximum absolute atomic E-state index is 3.60. The predicted molar refractivity (Wildman–Crippen MR) is 62.4 cm³/mol. The first-order valence-corrected chi connectivity index (χ1v) is 4.91. The Bertz CT molecular complexity index is 307. The lowest BCUT2D eigenvalue weighted by molar-refractivity contribution is 0.601. The summed E-state index contributed by atoms with van der Waals surface area (Å²) in [4.78, 5) is 0. The van der Waals surface area contributed by atoms with Crippen LogP contribution < -0.4 is 5.32 Å². The number of rotatable bonds is 4. The Balaban J connectivity index is 2.70. The van der Waals surface area contributed by atoms with Gasteiger partial charge < -0.3 is 5.32 Å². The van der Waals surface area contributed by atoms with Crippen LogP contribution in [0.5, 0.6) is 0 Å². The molecule has 0 aliphatic carbocycles. The Kier molecular flexibility index (Phi) is 4.03. The molecule has 0 fully saturated rings. The zero-order valence-electron chi connectivity index (χ0n) is 8.83. The lowest BCUT2D eigenvalue weighted by atomic mass is 10.0. The standard InChI is InChI=1S/C13H17N/c1-4-8-13(11(2)3)14-12-9-6-5-7-10-12/h5-11,13-14H,1H2,2-3H3. The summed E-state index contributed by atoms with van der Waals surface area (Å²) in [5.41, 5.74) is 3.97. The lowest BCUT2D eigenvalue weighted by Crippen LogP contribution is -2.22. The maximum Gasteiger partial charge on any atom is 0.0541 e. The number of benzene rings is 1. The molecule has 14 heavy (non-hydrogen) atoms. The van der Waals surface area contributed by atoms with Gasteiger partial charge in [0.25, 0.3) is 0 Å². The Labute approximate surface area is 86.2 Å². The summed E-state index contributed by atoms with van der Waals surface area (Å²) in [7, 11) is 0. The molecule has 0 spiro atoms. The summed E-state index contributed by atoms with van der Waals surface area (Å²) in [5.74, 6) is 0.532. The molecule has 0 saturated carbocycles. The van der Waals surface area contributed by atoms with Gasteiger partial charge in [-0.2, -0.15) is 0 Å². The van der Waals surface area contributed by atoms with E-state index < -0.39 is 0 Å². The smallest absolute Gasteiger partial charge is 0.0541 e. The second-order valence-electron chi connectivity index (χ2n) is 3.65. The molecular weight excluding hydrogens is 170 g/mol. The normalized spacial score (nSPS) is 11.9. The van der Waals surface area contributed by atoms with Gasteiger partial charge in [-0.3, -0.25) is 0 Å². The lowest BCUT2D eigenvalue weighted by Gasteiger charge is -2.19. The molecule has 0 aliphatic heterocycles. The van der Waals surface area contributed by atoms with Gasteiger partial charge in [0.1, 0.15) is 0 Å². The van der Waals surface area contributed by atoms with Crippen molar-refractivity contribution in [3.63, 3.8) is 0 Å². The minimum absolute atomic E-state index is 0.301. The molecule has 0 radical (unpaired) electrons. The fraction of sp³-hybridized carbons (Fsp3) is 0.308. The Morgan fingerprint density at radius 2 is 1.93 bits per heavy atom. The summed E-state index contributed by atoms with van der Waals surface area (Å²) in [6.45, 7) is 7.95. The van der Waals surface area contributed by atoms with Gasteiger partial charge in [0.15, 0.2) is 0 Å². The van der Waals surface area contributed by atoms with E-state index in [0.717, 1.165) is 5.69 Å². The highest BCUT2D eigenvalue weighted by Crippen LogP contribution is 2.12. The molecule has 0 amide bonds. The summed E-state index contributed by atoms with van der Waals surface area (Å²) in [5, 5.41) is 3.42. The van der Waals surface area contributed by atoms with Crippen molar-refractivity contribution < 1.29 is 0 Å². The maximum atomic E-state index is 3.60. The van der Waals surface area contributed by atoms with Gasteiger partial charge in [0.05, 0.1) is 6.04 Å². The van der Waals surface area contributed by atoms with E-state index in [4.69, 9.17) is 0 Å². The molecule has 1 unspecified atom stereocenters. The molecule has 1 atom stereocenters. The van der Waals surface area contributed by atoms with Crippen molar-refractivity contribution in [2.45, 2.75) is 19.9 Å². The van der Waals surface area contributed by atoms with Gasteiger partial charge in [-0.05, 0) is 24.1 Å². The summed E-state index contributed by atoms with van der Waals surface area (Å²) in [6.07, 6.45) is 1.97. The highest BCUT2D eigenvalue weighted by molar-refractivity contribution is 5.44. The fourth-order valence-electron chi connectivity index (χ4n) is 1.25. The fourth-order valence-corrected chi connectivity index (χ4v) is 1.25. The number of anilines is 1. The molecule has 0 heterocycles. The Morgan fingerprint density at radius 1 is 1.29 bits per heavy atom. The largest absolute Gasteiger partial charge is 0.378 e. The first kappa shape index (κ1) is 10.6. The summed E-state index contributed by atoms with van der Waals surface area (Å²) < 4.78 is 0. The Morgan fingerprint density at radius 3 is 2.43 bits per heavy atom. The first-order chi connectivity index (χ1) is 6.74. The summed E-state index contributed by atoms with van der Waals surface area (Å²) >= 11 is 0. The van der Waals surface area contributed by atoms with Gasteiger partial charge in [0, 0.05) is 5.69 Å². The van der Waals surface area contributed by atoms with E-state index in [1.165, 1.54) is 0 Å². The SMILES string of the molecule is C=C=CC(Nc1ccccc1)C(C)C. The van der Waals surface area contributed by atoms with Crippen LogP contribution in [-0.2, 0) is 0 Å². The van der Waals surface area contributed by atoms with Crippen LogP contribution in [0, 0.1) is 5.92 Å². The molecule has 1 nitrogen and oxygen atoms in total. The van der Waals surface area contributed by atoms with E-state index in [2.05, 4.69) is 43.6 Å². The first-order valence-electron chi connectivity index (χ1n) is 4.91. The number of hydrogen-bond acceptors (Lipinski definition) is 1. The zero-order valence-corrected chi connectivity index (χ0v) is 8.83. The second kappa shape index (κ2) is 5.31. The van der Waals surface area contributed by atoms with Gasteiger partial charge in [-0.1, -0.05) is 38.6 Å². The van der Waals surface area contributed by atoms with Crippen LogP contribution in [0.1, 0.15) is 13.8 Å². The van der Waals surface area contributed by atoms with Gasteiger partial charge in [0.2, 0.25) is 0 Å². The molecule has 1 rings (SSSR count). The molecule has 74 valence electrons. The quantitative estimate of drug-likeness (QED) is 0.712. The zero-order chi connectivity index (χ0) is 10.4. The number of nitrogens with one attached hydrogen (secondary N) is 1. The minimum atomic E-state index is 0.301. The van der Waals surface area contributed by atoms with Crippen LogP contribution in [0.3, 0.4) is 0 Å². The van der Waals surface area contributed by atoms with Gasteiger partial charge in [-0.25, -0.2) is 0 Å². The van der Waals surface area contributed by atoms with Crippen molar-refractivity contribution in [3.05, 3.63) is 48.7 Å². The van der Waals surface area contributed by atoms with Crippen molar-refractivity contribution in [1.82, 2.24) is 0 Å². The average Bonchev–Trinajstić information content (AvgIpc) is 2.18. The molecule has 0 aromatic heterocycles. The predicted octanol–water partition coefficient (Wildman–Crippen LogP) is 3.46. The highest BCUT2D eigenvalue weighted by Gasteiger charge is 2.08. The third-order valence-corrected chi connectivity index (χ3v) is 2.12. The van der Waals surface area contributed by atoms with Crippen LogP contribution in [0.2, 0.25) is 0 Å². The molecule has 1 heteroatoms. The third-order valence-electron chi connectivity index (χ3n) is 2.12. The van der Waals surface area contributed by atoms with E-state index >= 15 is 0 Å². The van der Waals surface area contributed by atoms with E-state index in [9.17, 15) is 0 Å². The molecule has 0 saturated heterocycles. The van der Waals surface area contributed by atoms with Gasteiger partial charge in [-0.15, -0.1) is 5.73 Å². The van der Waals surface area contributed by atoms with E-state index in [1.54, 1.807) is 0 Å². The van der Waals surface area contributed by atoms with Crippen molar-refractivity contribution >= 4 is 5.69 Å². The minimum Gasteiger partial charge on any atom is -0.378 e. The van der Waals surface area contributed by atoms with E-state index in [0.29, 0.717) is 12.0 Å². The monoisotopic (exact) mass is 187 g/mol. The highest BCUT2D eigenvalue weighted by atomic mass is 14.9. The van der Waals surface area contributed by atoms with Crippen LogP contribution in [0.15, 0.2) is 48.7 Å². The average molecular weight is 187 g/mol. The molecular formula is C13H17N. The van der Waals surface area contributed by atoms with Crippen LogP contribution in [0.25, 0.3) is 0 Å². The van der Waals surface area contributed by atoms with E-state index in [-0.39, 0.29) is 0 Å². The van der Waals surface area contributed by atoms with Crippen molar-refractivity contribution in [1.29, 1.82) is 0 Å². The molecule has 1 aromatic carbocycles. The van der Waals surface area contributed by atoms with E-state index in [1.807, 2.05) is 24.3 Å². The molecule has 1 N–H and O–H groups in total. The Hall–Kier alpha value is -1.46. The number of hydrogen-bond donors (Lipinski definition) is 1. The van der Waals surface area contributed by atoms with Gasteiger partial charge >= 0.3 is 0 Å². The summed E-state index contributed by atoms with van der Waals surface area (Å²) in [6, 6.07) is 10.5. The molecule has 0 aliphatic rings. The molecule has 1 aromatic rings. The topological polar surface area (TPSA) is 12.0 Å². The number of para-hydroxylation sites is 1. The molecule has 0 bridgehead atoms. The second-order valence-corrected chi connectivity index (χ2v) is 3.65. The van der Waals surface area contributed by atoms with Crippen molar-refractivity contribution in [3.8, 4) is 0 Å². The van der Waals surface area contributed by atoms with Crippen LogP contribution in [0.4, 0.5) is 5.69 Å². The third kappa shape index (κ3) is 3.12.